The number of carbonyl (C=O) groups is 2. The molecule has 1 unspecified atom stereocenters. The number of sulfonamides is 1. The number of nitrogens with zero attached hydrogens (tertiary/aromatic N) is 2. The van der Waals surface area contributed by atoms with Crippen molar-refractivity contribution >= 4 is 39.1 Å². The van der Waals surface area contributed by atoms with Crippen molar-refractivity contribution in [3.63, 3.8) is 0 Å². The van der Waals surface area contributed by atoms with Crippen molar-refractivity contribution in [3.8, 4) is 5.75 Å². The second-order valence-corrected chi connectivity index (χ2v) is 12.3. The molecule has 4 aromatic carbocycles. The van der Waals surface area contributed by atoms with Crippen LogP contribution in [0.4, 0.5) is 5.69 Å². The summed E-state index contributed by atoms with van der Waals surface area (Å²) >= 11 is 6.12. The summed E-state index contributed by atoms with van der Waals surface area (Å²) in [6, 6.07) is 30.0. The third-order valence-corrected chi connectivity index (χ3v) is 8.97. The van der Waals surface area contributed by atoms with Crippen LogP contribution in [0.2, 0.25) is 5.02 Å². The molecule has 0 spiro atoms. The van der Waals surface area contributed by atoms with Gasteiger partial charge in [0.1, 0.15) is 18.3 Å². The van der Waals surface area contributed by atoms with Crippen molar-refractivity contribution in [3.05, 3.63) is 125 Å². The number of likely N-dealkylation sites (N-methyl/N-ethyl adjacent to an activating group) is 1. The van der Waals surface area contributed by atoms with Gasteiger partial charge in [0.2, 0.25) is 11.8 Å². The average Bonchev–Trinajstić information content (AvgIpc) is 3.04. The van der Waals surface area contributed by atoms with E-state index in [1.165, 1.54) is 17.0 Å². The number of anilines is 1. The normalized spacial score (nSPS) is 11.8. The lowest BCUT2D eigenvalue weighted by Gasteiger charge is -2.33. The number of amides is 2. The summed E-state index contributed by atoms with van der Waals surface area (Å²) in [5.74, 6) is -0.305. The lowest BCUT2D eigenvalue weighted by Crippen LogP contribution is -2.53. The summed E-state index contributed by atoms with van der Waals surface area (Å²) in [5.41, 5.74) is 1.89. The van der Waals surface area contributed by atoms with Gasteiger partial charge in [-0.05, 0) is 73.5 Å². The zero-order chi connectivity index (χ0) is 31.5. The Balaban J connectivity index is 1.78. The molecular weight excluding hydrogens is 598 g/mol. The third-order valence-electron chi connectivity index (χ3n) is 6.93. The van der Waals surface area contributed by atoms with Crippen LogP contribution in [-0.4, -0.2) is 50.9 Å². The lowest BCUT2D eigenvalue weighted by atomic mass is 10.0. The van der Waals surface area contributed by atoms with Gasteiger partial charge in [-0.2, -0.15) is 0 Å². The molecule has 0 heterocycles. The van der Waals surface area contributed by atoms with Crippen LogP contribution in [-0.2, 0) is 32.6 Å². The van der Waals surface area contributed by atoms with Gasteiger partial charge in [0, 0.05) is 24.5 Å². The number of rotatable bonds is 14. The van der Waals surface area contributed by atoms with E-state index in [2.05, 4.69) is 5.32 Å². The van der Waals surface area contributed by atoms with Gasteiger partial charge in [-0.1, -0.05) is 72.3 Å². The van der Waals surface area contributed by atoms with Crippen molar-refractivity contribution in [2.45, 2.75) is 37.8 Å². The van der Waals surface area contributed by atoms with Crippen LogP contribution in [0.5, 0.6) is 5.75 Å². The summed E-state index contributed by atoms with van der Waals surface area (Å²) in [6.07, 6.45) is 0.237. The average molecular weight is 634 g/mol. The fourth-order valence-corrected chi connectivity index (χ4v) is 6.32. The van der Waals surface area contributed by atoms with Gasteiger partial charge in [0.15, 0.2) is 0 Å². The van der Waals surface area contributed by atoms with Crippen LogP contribution in [0.25, 0.3) is 0 Å². The third kappa shape index (κ3) is 8.39. The molecule has 0 saturated heterocycles. The highest BCUT2D eigenvalue weighted by molar-refractivity contribution is 7.92. The summed E-state index contributed by atoms with van der Waals surface area (Å²) in [6.45, 7) is 4.01. The summed E-state index contributed by atoms with van der Waals surface area (Å²) < 4.78 is 34.7. The molecule has 4 aromatic rings. The van der Waals surface area contributed by atoms with Crippen molar-refractivity contribution < 1.29 is 22.7 Å². The van der Waals surface area contributed by atoms with Crippen LogP contribution >= 0.6 is 11.6 Å². The zero-order valence-electron chi connectivity index (χ0n) is 24.7. The fraction of sp³-hybridized carbons (Fsp3) is 0.235. The van der Waals surface area contributed by atoms with Crippen LogP contribution in [0, 0.1) is 0 Å². The van der Waals surface area contributed by atoms with E-state index in [1.54, 1.807) is 66.7 Å². The lowest BCUT2D eigenvalue weighted by molar-refractivity contribution is -0.140. The maximum absolute atomic E-state index is 14.4. The Labute approximate surface area is 264 Å². The Morgan fingerprint density at radius 3 is 2.02 bits per heavy atom. The standard InChI is InChI=1S/C34H36ClN3O5S/c1-3-36-34(40)32(23-26-11-7-5-8-12-26)37(24-27-15-17-28(35)18-16-27)33(39)25-38(29-19-21-30(22-20-29)43-4-2)44(41,42)31-13-9-6-10-14-31/h5-22,32H,3-4,23-25H2,1-2H3,(H,36,40). The second-order valence-electron chi connectivity index (χ2n) is 10.00. The molecule has 230 valence electrons. The fourth-order valence-electron chi connectivity index (χ4n) is 4.76. The predicted molar refractivity (Wildman–Crippen MR) is 173 cm³/mol. The highest BCUT2D eigenvalue weighted by Gasteiger charge is 2.34. The number of nitrogens with one attached hydrogen (secondary N) is 1. The Morgan fingerprint density at radius 1 is 0.818 bits per heavy atom. The van der Waals surface area contributed by atoms with E-state index in [4.69, 9.17) is 16.3 Å². The maximum Gasteiger partial charge on any atom is 0.264 e. The molecule has 0 aliphatic rings. The smallest absolute Gasteiger partial charge is 0.264 e. The van der Waals surface area contributed by atoms with Gasteiger partial charge in [0.25, 0.3) is 10.0 Å². The Kier molecular flexibility index (Phi) is 11.4. The quantitative estimate of drug-likeness (QED) is 0.192. The minimum absolute atomic E-state index is 0.0375. The van der Waals surface area contributed by atoms with E-state index in [0.29, 0.717) is 23.9 Å². The highest BCUT2D eigenvalue weighted by Crippen LogP contribution is 2.27. The first-order chi connectivity index (χ1) is 21.2. The summed E-state index contributed by atoms with van der Waals surface area (Å²) in [4.78, 5) is 29.4. The molecule has 10 heteroatoms. The summed E-state index contributed by atoms with van der Waals surface area (Å²) in [5, 5.41) is 3.39. The van der Waals surface area contributed by atoms with Gasteiger partial charge in [-0.15, -0.1) is 0 Å². The maximum atomic E-state index is 14.4. The van der Waals surface area contributed by atoms with Gasteiger partial charge >= 0.3 is 0 Å². The molecule has 0 aromatic heterocycles. The number of benzene rings is 4. The van der Waals surface area contributed by atoms with Crippen LogP contribution in [0.1, 0.15) is 25.0 Å². The van der Waals surface area contributed by atoms with E-state index in [0.717, 1.165) is 15.4 Å². The topological polar surface area (TPSA) is 96.0 Å². The van der Waals surface area contributed by atoms with Gasteiger partial charge in [-0.25, -0.2) is 8.42 Å². The van der Waals surface area contributed by atoms with E-state index in [-0.39, 0.29) is 29.5 Å². The number of hydrogen-bond acceptors (Lipinski definition) is 5. The molecule has 8 nitrogen and oxygen atoms in total. The van der Waals surface area contributed by atoms with Crippen molar-refractivity contribution in [2.24, 2.45) is 0 Å². The molecule has 0 fully saturated rings. The molecule has 0 radical (unpaired) electrons. The molecular formula is C34H36ClN3O5S. The van der Waals surface area contributed by atoms with Crippen molar-refractivity contribution in [1.29, 1.82) is 0 Å². The predicted octanol–water partition coefficient (Wildman–Crippen LogP) is 5.71. The minimum atomic E-state index is -4.17. The van der Waals surface area contributed by atoms with E-state index < -0.39 is 28.5 Å². The Morgan fingerprint density at radius 2 is 1.43 bits per heavy atom. The van der Waals surface area contributed by atoms with Crippen LogP contribution in [0.15, 0.2) is 114 Å². The largest absolute Gasteiger partial charge is 0.494 e. The molecule has 2 amide bonds. The molecule has 4 rings (SSSR count). The van der Waals surface area contributed by atoms with Crippen molar-refractivity contribution in [1.82, 2.24) is 10.2 Å². The van der Waals surface area contributed by atoms with Crippen LogP contribution < -0.4 is 14.4 Å². The number of halogens is 1. The Hall–Kier alpha value is -4.34. The summed E-state index contributed by atoms with van der Waals surface area (Å²) in [7, 11) is -4.17. The number of carbonyl (C=O) groups excluding carboxylic acids is 2. The van der Waals surface area contributed by atoms with E-state index >= 15 is 0 Å². The monoisotopic (exact) mass is 633 g/mol. The van der Waals surface area contributed by atoms with Gasteiger partial charge < -0.3 is 15.0 Å². The first kappa shape index (κ1) is 32.6. The number of ether oxygens (including phenoxy) is 1. The molecule has 0 aliphatic carbocycles. The van der Waals surface area contributed by atoms with Crippen molar-refractivity contribution in [2.75, 3.05) is 24.0 Å². The molecule has 0 aliphatic heterocycles. The first-order valence-electron chi connectivity index (χ1n) is 14.4. The SMILES string of the molecule is CCNC(=O)C(Cc1ccccc1)N(Cc1ccc(Cl)cc1)C(=O)CN(c1ccc(OCC)cc1)S(=O)(=O)c1ccccc1. The van der Waals surface area contributed by atoms with Gasteiger partial charge in [0.05, 0.1) is 17.2 Å². The first-order valence-corrected chi connectivity index (χ1v) is 16.2. The minimum Gasteiger partial charge on any atom is -0.494 e. The van der Waals surface area contributed by atoms with E-state index in [1.807, 2.05) is 44.2 Å². The second kappa shape index (κ2) is 15.4. The molecule has 1 atom stereocenters. The number of hydrogen-bond donors (Lipinski definition) is 1. The molecule has 1 N–H and O–H groups in total. The molecule has 0 bridgehead atoms. The van der Waals surface area contributed by atoms with Crippen LogP contribution in [0.3, 0.4) is 0 Å². The van der Waals surface area contributed by atoms with Gasteiger partial charge in [-0.3, -0.25) is 13.9 Å². The zero-order valence-corrected chi connectivity index (χ0v) is 26.3. The molecule has 0 saturated carbocycles. The molecule has 44 heavy (non-hydrogen) atoms. The Bertz CT molecular complexity index is 1620. The van der Waals surface area contributed by atoms with E-state index in [9.17, 15) is 18.0 Å². The highest BCUT2D eigenvalue weighted by atomic mass is 35.5.